The molecule has 2 N–H and O–H groups in total. The summed E-state index contributed by atoms with van der Waals surface area (Å²) in [5, 5.41) is 25.5. The summed E-state index contributed by atoms with van der Waals surface area (Å²) >= 11 is 0. The molecule has 132 valence electrons. The van der Waals surface area contributed by atoms with Gasteiger partial charge in [0.1, 0.15) is 23.1 Å². The number of nitriles is 1. The maximum Gasteiger partial charge on any atom is 0.292 e. The molecule has 26 heavy (non-hydrogen) atoms. The van der Waals surface area contributed by atoms with Gasteiger partial charge >= 0.3 is 0 Å². The Labute approximate surface area is 149 Å². The van der Waals surface area contributed by atoms with Crippen molar-refractivity contribution >= 4 is 23.0 Å². The van der Waals surface area contributed by atoms with Crippen molar-refractivity contribution in [3.63, 3.8) is 0 Å². The average Bonchev–Trinajstić information content (AvgIpc) is 2.62. The molecule has 2 aromatic carbocycles. The lowest BCUT2D eigenvalue weighted by molar-refractivity contribution is -0.383. The number of hydrogen-bond acceptors (Lipinski definition) is 6. The van der Waals surface area contributed by atoms with Crippen LogP contribution in [-0.2, 0) is 4.79 Å². The summed E-state index contributed by atoms with van der Waals surface area (Å²) in [5.74, 6) is -0.213. The number of anilines is 2. The molecule has 0 aliphatic rings. The Hall–Kier alpha value is -3.86. The number of nitro benzene ring substituents is 1. The molecule has 0 unspecified atom stereocenters. The van der Waals surface area contributed by atoms with Gasteiger partial charge in [-0.1, -0.05) is 18.2 Å². The minimum Gasteiger partial charge on any atom is -0.495 e. The Morgan fingerprint density at radius 2 is 2.00 bits per heavy atom. The van der Waals surface area contributed by atoms with Crippen LogP contribution in [-0.4, -0.2) is 17.9 Å². The Morgan fingerprint density at radius 1 is 1.27 bits per heavy atom. The second-order valence-corrected chi connectivity index (χ2v) is 5.25. The number of nitro groups is 1. The van der Waals surface area contributed by atoms with Crippen LogP contribution in [0, 0.1) is 28.4 Å². The molecule has 2 aromatic rings. The van der Waals surface area contributed by atoms with Crippen molar-refractivity contribution < 1.29 is 14.5 Å². The molecule has 0 saturated heterocycles. The van der Waals surface area contributed by atoms with Crippen molar-refractivity contribution in [2.45, 2.75) is 6.92 Å². The predicted molar refractivity (Wildman–Crippen MR) is 96.8 cm³/mol. The first kappa shape index (κ1) is 18.5. The number of methoxy groups -OCH3 is 1. The Kier molecular flexibility index (Phi) is 5.90. The zero-order valence-corrected chi connectivity index (χ0v) is 14.1. The van der Waals surface area contributed by atoms with Gasteiger partial charge in [-0.3, -0.25) is 14.9 Å². The van der Waals surface area contributed by atoms with Gasteiger partial charge in [0.05, 0.1) is 17.7 Å². The SMILES string of the molecule is COc1ccc(C)cc1NC(=O)/C(C#N)=C\Nc1ccccc1[N+](=O)[O-]. The molecule has 1 amide bonds. The van der Waals surface area contributed by atoms with E-state index in [1.165, 1.54) is 25.3 Å². The minimum atomic E-state index is -0.664. The lowest BCUT2D eigenvalue weighted by Crippen LogP contribution is -2.15. The van der Waals surface area contributed by atoms with Crippen LogP contribution in [0.2, 0.25) is 0 Å². The number of carbonyl (C=O) groups excluding carboxylic acids is 1. The summed E-state index contributed by atoms with van der Waals surface area (Å²) in [6, 6.07) is 12.9. The third-order valence-electron chi connectivity index (χ3n) is 3.44. The van der Waals surface area contributed by atoms with Crippen LogP contribution in [0.4, 0.5) is 17.1 Å². The molecule has 0 atom stereocenters. The molecule has 0 spiro atoms. The first-order valence-corrected chi connectivity index (χ1v) is 7.52. The van der Waals surface area contributed by atoms with Gasteiger partial charge in [0.25, 0.3) is 11.6 Å². The smallest absolute Gasteiger partial charge is 0.292 e. The van der Waals surface area contributed by atoms with Gasteiger partial charge < -0.3 is 15.4 Å². The molecule has 2 rings (SSSR count). The summed E-state index contributed by atoms with van der Waals surface area (Å²) in [6.45, 7) is 1.85. The number of para-hydroxylation sites is 2. The maximum absolute atomic E-state index is 12.3. The first-order valence-electron chi connectivity index (χ1n) is 7.52. The molecule has 0 bridgehead atoms. The molecule has 8 nitrogen and oxygen atoms in total. The highest BCUT2D eigenvalue weighted by Crippen LogP contribution is 2.26. The third kappa shape index (κ3) is 4.36. The summed E-state index contributed by atoms with van der Waals surface area (Å²) in [7, 11) is 1.47. The second kappa shape index (κ2) is 8.30. The Balaban J connectivity index is 2.22. The number of nitrogens with one attached hydrogen (secondary N) is 2. The highest BCUT2D eigenvalue weighted by molar-refractivity contribution is 6.07. The van der Waals surface area contributed by atoms with Gasteiger partial charge in [0, 0.05) is 12.3 Å². The summed E-state index contributed by atoms with van der Waals surface area (Å²) in [5.41, 5.74) is 1.09. The van der Waals surface area contributed by atoms with Gasteiger partial charge in [-0.05, 0) is 30.7 Å². The quantitative estimate of drug-likeness (QED) is 0.356. The van der Waals surface area contributed by atoms with Crippen molar-refractivity contribution in [3.05, 3.63) is 69.9 Å². The van der Waals surface area contributed by atoms with Crippen LogP contribution >= 0.6 is 0 Å². The molecule has 8 heteroatoms. The van der Waals surface area contributed by atoms with Gasteiger partial charge in [0.2, 0.25) is 0 Å². The van der Waals surface area contributed by atoms with E-state index in [1.54, 1.807) is 24.3 Å². The minimum absolute atomic E-state index is 0.165. The van der Waals surface area contributed by atoms with Crippen LogP contribution < -0.4 is 15.4 Å². The number of carbonyl (C=O) groups is 1. The topological polar surface area (TPSA) is 117 Å². The zero-order chi connectivity index (χ0) is 19.1. The van der Waals surface area contributed by atoms with E-state index in [0.717, 1.165) is 11.8 Å². The highest BCUT2D eigenvalue weighted by Gasteiger charge is 2.15. The monoisotopic (exact) mass is 352 g/mol. The van der Waals surface area contributed by atoms with E-state index in [2.05, 4.69) is 10.6 Å². The number of rotatable bonds is 6. The third-order valence-corrected chi connectivity index (χ3v) is 3.44. The van der Waals surface area contributed by atoms with Crippen molar-refractivity contribution in [3.8, 4) is 11.8 Å². The molecule has 0 saturated carbocycles. The van der Waals surface area contributed by atoms with Crippen LogP contribution in [0.5, 0.6) is 5.75 Å². The Bertz CT molecular complexity index is 916. The number of ether oxygens (including phenoxy) is 1. The van der Waals surface area contributed by atoms with E-state index >= 15 is 0 Å². The second-order valence-electron chi connectivity index (χ2n) is 5.25. The van der Waals surface area contributed by atoms with Crippen molar-refractivity contribution in [2.75, 3.05) is 17.7 Å². The first-order chi connectivity index (χ1) is 12.5. The fourth-order valence-corrected chi connectivity index (χ4v) is 2.16. The normalized spacial score (nSPS) is 10.6. The standard InChI is InChI=1S/C18H16N4O4/c1-12-7-8-17(26-2)15(9-12)21-18(23)13(10-19)11-20-14-5-3-4-6-16(14)22(24)25/h3-9,11,20H,1-2H3,(H,21,23)/b13-11-. The van der Waals surface area contributed by atoms with Crippen LogP contribution in [0.1, 0.15) is 5.56 Å². The lowest BCUT2D eigenvalue weighted by Gasteiger charge is -2.10. The van der Waals surface area contributed by atoms with Crippen LogP contribution in [0.25, 0.3) is 0 Å². The van der Waals surface area contributed by atoms with Crippen molar-refractivity contribution in [1.29, 1.82) is 5.26 Å². The van der Waals surface area contributed by atoms with E-state index in [1.807, 2.05) is 13.0 Å². The molecular formula is C18H16N4O4. The maximum atomic E-state index is 12.3. The number of benzene rings is 2. The molecule has 0 aliphatic heterocycles. The largest absolute Gasteiger partial charge is 0.495 e. The fourth-order valence-electron chi connectivity index (χ4n) is 2.16. The molecule has 0 fully saturated rings. The van der Waals surface area contributed by atoms with Gasteiger partial charge in [-0.25, -0.2) is 0 Å². The van der Waals surface area contributed by atoms with E-state index < -0.39 is 10.8 Å². The summed E-state index contributed by atoms with van der Waals surface area (Å²) in [4.78, 5) is 22.8. The summed E-state index contributed by atoms with van der Waals surface area (Å²) < 4.78 is 5.18. The van der Waals surface area contributed by atoms with Crippen molar-refractivity contribution in [1.82, 2.24) is 0 Å². The predicted octanol–water partition coefficient (Wildman–Crippen LogP) is 3.37. The lowest BCUT2D eigenvalue weighted by atomic mass is 10.2. The summed E-state index contributed by atoms with van der Waals surface area (Å²) in [6.07, 6.45) is 1.12. The van der Waals surface area contributed by atoms with E-state index in [9.17, 15) is 20.2 Å². The van der Waals surface area contributed by atoms with Gasteiger partial charge in [-0.2, -0.15) is 5.26 Å². The number of hydrogen-bond donors (Lipinski definition) is 2. The fraction of sp³-hybridized carbons (Fsp3) is 0.111. The van der Waals surface area contributed by atoms with E-state index in [0.29, 0.717) is 11.4 Å². The average molecular weight is 352 g/mol. The van der Waals surface area contributed by atoms with Crippen molar-refractivity contribution in [2.24, 2.45) is 0 Å². The molecule has 0 radical (unpaired) electrons. The van der Waals surface area contributed by atoms with Crippen LogP contribution in [0.15, 0.2) is 54.2 Å². The van der Waals surface area contributed by atoms with Gasteiger partial charge in [0.15, 0.2) is 0 Å². The number of nitrogens with zero attached hydrogens (tertiary/aromatic N) is 2. The van der Waals surface area contributed by atoms with Gasteiger partial charge in [-0.15, -0.1) is 0 Å². The van der Waals surface area contributed by atoms with E-state index in [4.69, 9.17) is 4.74 Å². The number of aryl methyl sites for hydroxylation is 1. The highest BCUT2D eigenvalue weighted by atomic mass is 16.6. The molecular weight excluding hydrogens is 336 g/mol. The van der Waals surface area contributed by atoms with Crippen LogP contribution in [0.3, 0.4) is 0 Å². The zero-order valence-electron chi connectivity index (χ0n) is 14.1. The Morgan fingerprint density at radius 3 is 2.65 bits per heavy atom. The number of amides is 1. The molecule has 0 aliphatic carbocycles. The molecule has 0 aromatic heterocycles. The molecule has 0 heterocycles. The van der Waals surface area contributed by atoms with E-state index in [-0.39, 0.29) is 16.9 Å².